The van der Waals surface area contributed by atoms with E-state index in [2.05, 4.69) is 43.0 Å². The lowest BCUT2D eigenvalue weighted by Crippen LogP contribution is -2.45. The third-order valence-corrected chi connectivity index (χ3v) is 4.33. The van der Waals surface area contributed by atoms with Gasteiger partial charge >= 0.3 is 5.97 Å². The van der Waals surface area contributed by atoms with E-state index in [0.29, 0.717) is 0 Å². The summed E-state index contributed by atoms with van der Waals surface area (Å²) in [6.45, 7) is 7.25. The van der Waals surface area contributed by atoms with Crippen molar-refractivity contribution in [3.05, 3.63) is 35.9 Å². The molecule has 1 saturated heterocycles. The Morgan fingerprint density at radius 3 is 2.68 bits per heavy atom. The van der Waals surface area contributed by atoms with Crippen LogP contribution < -0.4 is 0 Å². The third kappa shape index (κ3) is 3.80. The molecule has 0 aromatic heterocycles. The zero-order valence-corrected chi connectivity index (χ0v) is 11.8. The summed E-state index contributed by atoms with van der Waals surface area (Å²) in [5.74, 6) is -0.443. The lowest BCUT2D eigenvalue weighted by molar-refractivity contribution is -0.140. The van der Waals surface area contributed by atoms with Gasteiger partial charge in [-0.3, -0.25) is 9.69 Å². The molecule has 1 aliphatic heterocycles. The van der Waals surface area contributed by atoms with E-state index in [1.165, 1.54) is 5.56 Å². The molecule has 1 heterocycles. The average molecular weight is 261 g/mol. The predicted octanol–water partition coefficient (Wildman–Crippen LogP) is 3.01. The van der Waals surface area contributed by atoms with Crippen molar-refractivity contribution in [3.8, 4) is 0 Å². The first-order valence-corrected chi connectivity index (χ1v) is 6.95. The largest absolute Gasteiger partial charge is 0.481 e. The fraction of sp³-hybridized carbons (Fsp3) is 0.562. The molecule has 0 saturated carbocycles. The van der Waals surface area contributed by atoms with Gasteiger partial charge < -0.3 is 5.11 Å². The lowest BCUT2D eigenvalue weighted by Gasteiger charge is -2.43. The van der Waals surface area contributed by atoms with Crippen molar-refractivity contribution in [1.29, 1.82) is 0 Å². The van der Waals surface area contributed by atoms with Crippen molar-refractivity contribution < 1.29 is 9.90 Å². The van der Waals surface area contributed by atoms with Gasteiger partial charge in [0.15, 0.2) is 0 Å². The summed E-state index contributed by atoms with van der Waals surface area (Å²) in [5.41, 5.74) is 1.43. The van der Waals surface area contributed by atoms with Gasteiger partial charge in [-0.1, -0.05) is 44.2 Å². The van der Waals surface area contributed by atoms with Crippen LogP contribution in [0.15, 0.2) is 30.3 Å². The van der Waals surface area contributed by atoms with Crippen LogP contribution in [0.2, 0.25) is 0 Å². The van der Waals surface area contributed by atoms with Gasteiger partial charge in [0.25, 0.3) is 0 Å². The molecule has 1 fully saturated rings. The van der Waals surface area contributed by atoms with Gasteiger partial charge in [-0.2, -0.15) is 0 Å². The number of carbonyl (C=O) groups is 1. The van der Waals surface area contributed by atoms with E-state index in [1.807, 2.05) is 6.07 Å². The van der Waals surface area contributed by atoms with Gasteiger partial charge in [-0.25, -0.2) is 0 Å². The minimum atomic E-state index is -0.681. The third-order valence-electron chi connectivity index (χ3n) is 4.33. The molecule has 1 aliphatic rings. The molecule has 1 N–H and O–H groups in total. The summed E-state index contributed by atoms with van der Waals surface area (Å²) in [7, 11) is 0. The van der Waals surface area contributed by atoms with E-state index in [1.54, 1.807) is 0 Å². The number of carboxylic acids is 1. The molecule has 0 aliphatic carbocycles. The van der Waals surface area contributed by atoms with Crippen LogP contribution in [0.1, 0.15) is 32.3 Å². The van der Waals surface area contributed by atoms with Crippen molar-refractivity contribution in [2.45, 2.75) is 33.2 Å². The number of piperidine rings is 1. The van der Waals surface area contributed by atoms with E-state index in [0.717, 1.165) is 26.1 Å². The summed E-state index contributed by atoms with van der Waals surface area (Å²) in [6, 6.07) is 10.4. The fourth-order valence-electron chi connectivity index (χ4n) is 2.84. The Morgan fingerprint density at radius 1 is 1.37 bits per heavy atom. The zero-order chi connectivity index (χ0) is 13.9. The van der Waals surface area contributed by atoms with E-state index in [-0.39, 0.29) is 17.8 Å². The maximum atomic E-state index is 11.0. The lowest BCUT2D eigenvalue weighted by atomic mass is 9.72. The van der Waals surface area contributed by atoms with Crippen LogP contribution in [0, 0.1) is 11.3 Å². The number of benzene rings is 1. The summed E-state index contributed by atoms with van der Waals surface area (Å²) in [4.78, 5) is 13.4. The highest BCUT2D eigenvalue weighted by Gasteiger charge is 2.36. The molecule has 19 heavy (non-hydrogen) atoms. The summed E-state index contributed by atoms with van der Waals surface area (Å²) >= 11 is 0. The number of aliphatic carboxylic acids is 1. The standard InChI is InChI=1S/C16H23NO2/c1-16(2)8-9-17(12-14(16)10-15(18)19)11-13-6-4-3-5-7-13/h3-7,14H,8-12H2,1-2H3,(H,18,19). The minimum absolute atomic E-state index is 0.131. The normalized spacial score (nSPS) is 23.2. The maximum absolute atomic E-state index is 11.0. The number of carboxylic acid groups (broad SMARTS) is 1. The molecule has 0 bridgehead atoms. The number of hydrogen-bond acceptors (Lipinski definition) is 2. The van der Waals surface area contributed by atoms with Crippen molar-refractivity contribution in [1.82, 2.24) is 4.90 Å². The molecule has 1 atom stereocenters. The number of rotatable bonds is 4. The second-order valence-corrected chi connectivity index (χ2v) is 6.25. The molecule has 1 aromatic carbocycles. The van der Waals surface area contributed by atoms with Gasteiger partial charge in [0.2, 0.25) is 0 Å². The first kappa shape index (κ1) is 14.1. The van der Waals surface area contributed by atoms with Crippen molar-refractivity contribution in [2.75, 3.05) is 13.1 Å². The smallest absolute Gasteiger partial charge is 0.303 e. The van der Waals surface area contributed by atoms with E-state index < -0.39 is 5.97 Å². The Labute approximate surface area is 115 Å². The van der Waals surface area contributed by atoms with Crippen LogP contribution in [-0.4, -0.2) is 29.1 Å². The fourth-order valence-corrected chi connectivity index (χ4v) is 2.84. The van der Waals surface area contributed by atoms with E-state index in [9.17, 15) is 4.79 Å². The topological polar surface area (TPSA) is 40.5 Å². The quantitative estimate of drug-likeness (QED) is 0.905. The minimum Gasteiger partial charge on any atom is -0.481 e. The number of nitrogens with zero attached hydrogens (tertiary/aromatic N) is 1. The molecule has 2 rings (SSSR count). The first-order chi connectivity index (χ1) is 8.97. The Hall–Kier alpha value is -1.35. The van der Waals surface area contributed by atoms with E-state index in [4.69, 9.17) is 5.11 Å². The van der Waals surface area contributed by atoms with Crippen LogP contribution in [-0.2, 0) is 11.3 Å². The molecule has 1 unspecified atom stereocenters. The molecular formula is C16H23NO2. The second-order valence-electron chi connectivity index (χ2n) is 6.25. The van der Waals surface area contributed by atoms with Gasteiger partial charge in [0.1, 0.15) is 0 Å². The molecule has 0 spiro atoms. The van der Waals surface area contributed by atoms with Gasteiger partial charge in [0.05, 0.1) is 0 Å². The molecular weight excluding hydrogens is 238 g/mol. The van der Waals surface area contributed by atoms with Crippen molar-refractivity contribution in [3.63, 3.8) is 0 Å². The molecule has 1 aromatic rings. The monoisotopic (exact) mass is 261 g/mol. The Bertz CT molecular complexity index is 428. The molecule has 0 radical (unpaired) electrons. The average Bonchev–Trinajstić information content (AvgIpc) is 2.34. The molecule has 0 amide bonds. The van der Waals surface area contributed by atoms with E-state index >= 15 is 0 Å². The highest BCUT2D eigenvalue weighted by atomic mass is 16.4. The summed E-state index contributed by atoms with van der Waals surface area (Å²) in [6.07, 6.45) is 1.34. The zero-order valence-electron chi connectivity index (χ0n) is 11.8. The van der Waals surface area contributed by atoms with Crippen molar-refractivity contribution >= 4 is 5.97 Å². The predicted molar refractivity (Wildman–Crippen MR) is 75.9 cm³/mol. The summed E-state index contributed by atoms with van der Waals surface area (Å²) in [5, 5.41) is 9.06. The van der Waals surface area contributed by atoms with Gasteiger partial charge in [0, 0.05) is 19.5 Å². The van der Waals surface area contributed by atoms with Crippen LogP contribution >= 0.6 is 0 Å². The van der Waals surface area contributed by atoms with Crippen LogP contribution in [0.5, 0.6) is 0 Å². The maximum Gasteiger partial charge on any atom is 0.303 e. The van der Waals surface area contributed by atoms with Crippen molar-refractivity contribution in [2.24, 2.45) is 11.3 Å². The second kappa shape index (κ2) is 5.74. The Morgan fingerprint density at radius 2 is 2.05 bits per heavy atom. The van der Waals surface area contributed by atoms with Gasteiger partial charge in [-0.05, 0) is 29.9 Å². The SMILES string of the molecule is CC1(C)CCN(Cc2ccccc2)CC1CC(=O)O. The summed E-state index contributed by atoms with van der Waals surface area (Å²) < 4.78 is 0. The number of likely N-dealkylation sites (tertiary alicyclic amines) is 1. The Balaban J connectivity index is 1.99. The van der Waals surface area contributed by atoms with Gasteiger partial charge in [-0.15, -0.1) is 0 Å². The Kier molecular flexibility index (Phi) is 4.25. The molecule has 104 valence electrons. The highest BCUT2D eigenvalue weighted by Crippen LogP contribution is 2.37. The number of hydrogen-bond donors (Lipinski definition) is 1. The molecule has 3 heteroatoms. The van der Waals surface area contributed by atoms with Crippen LogP contribution in [0.4, 0.5) is 0 Å². The first-order valence-electron chi connectivity index (χ1n) is 6.95. The van der Waals surface area contributed by atoms with Crippen LogP contribution in [0.25, 0.3) is 0 Å². The highest BCUT2D eigenvalue weighted by molar-refractivity contribution is 5.67. The van der Waals surface area contributed by atoms with Crippen LogP contribution in [0.3, 0.4) is 0 Å². The molecule has 3 nitrogen and oxygen atoms in total.